The molecule has 2 aliphatic rings. The third kappa shape index (κ3) is 7.00. The first kappa shape index (κ1) is 40.5. The molecule has 0 saturated carbocycles. The molecule has 0 bridgehead atoms. The zero-order valence-electron chi connectivity index (χ0n) is 34.3. The fourth-order valence-corrected chi connectivity index (χ4v) is 8.84. The Balaban J connectivity index is 1.09. The number of amides is 4. The van der Waals surface area contributed by atoms with Gasteiger partial charge in [0.25, 0.3) is 0 Å². The molecule has 0 radical (unpaired) electrons. The Morgan fingerprint density at radius 3 is 1.38 bits per heavy atom. The summed E-state index contributed by atoms with van der Waals surface area (Å²) in [6.07, 6.45) is 1.44. The molecule has 4 atom stereocenters. The number of H-pyrrole nitrogens is 2. The first-order valence-electron chi connectivity index (χ1n) is 20.3. The minimum Gasteiger partial charge on any atom is -0.453 e. The molecule has 16 heteroatoms. The van der Waals surface area contributed by atoms with Crippen LogP contribution in [0.5, 0.6) is 0 Å². The second-order valence-electron chi connectivity index (χ2n) is 16.3. The summed E-state index contributed by atoms with van der Waals surface area (Å²) >= 11 is 0. The zero-order valence-corrected chi connectivity index (χ0v) is 34.3. The first-order chi connectivity index (χ1) is 28.8. The van der Waals surface area contributed by atoms with E-state index in [-0.39, 0.29) is 57.6 Å². The van der Waals surface area contributed by atoms with Gasteiger partial charge in [0.15, 0.2) is 0 Å². The molecule has 2 aromatic heterocycles. The van der Waals surface area contributed by atoms with Crippen LogP contribution in [0.4, 0.5) is 18.4 Å². The number of hydrogen-bond acceptors (Lipinski definition) is 8. The number of benzene rings is 4. The molecule has 2 aliphatic heterocycles. The van der Waals surface area contributed by atoms with Crippen LogP contribution in [0.15, 0.2) is 48.5 Å². The van der Waals surface area contributed by atoms with Crippen molar-refractivity contribution in [2.75, 3.05) is 27.3 Å². The molecule has 4 N–H and O–H groups in total. The predicted molar refractivity (Wildman–Crippen MR) is 222 cm³/mol. The van der Waals surface area contributed by atoms with Gasteiger partial charge in [-0.05, 0) is 61.8 Å². The second kappa shape index (κ2) is 16.0. The Labute approximate surface area is 344 Å². The van der Waals surface area contributed by atoms with E-state index >= 15 is 8.78 Å². The van der Waals surface area contributed by atoms with Gasteiger partial charge in [-0.25, -0.2) is 28.3 Å². The van der Waals surface area contributed by atoms with Crippen LogP contribution in [0.2, 0.25) is 0 Å². The molecule has 4 aromatic carbocycles. The standard InChI is InChI=1S/C44H48F2N8O6/c1-21(2)35(51-43(57)59-5)41(55)53-19-7-9-31(53)39-47-29-17-15-25-27(37(29)49-39)13-11-23(33(25)45)24-12-14-28-26(34(24)46)16-18-30-38(28)50-40(48-30)32-10-8-20-54(32)42(56)36(22(3)4)52-44(58)60-6/h11-18,21-22,31-32,35-36H,7-10,19-20H2,1-6H3,(H,47,49)(H,48,50)(H,51,57)(H,52,58)/t31-,32-,35-,36-/m0/s1. The topological polar surface area (TPSA) is 175 Å². The van der Waals surface area contributed by atoms with Crippen molar-refractivity contribution in [2.45, 2.75) is 77.5 Å². The van der Waals surface area contributed by atoms with Crippen LogP contribution in [0, 0.1) is 23.5 Å². The van der Waals surface area contributed by atoms with Gasteiger partial charge in [0.05, 0.1) is 48.4 Å². The highest BCUT2D eigenvalue weighted by molar-refractivity contribution is 6.08. The molecule has 0 aliphatic carbocycles. The van der Waals surface area contributed by atoms with Crippen molar-refractivity contribution in [3.8, 4) is 11.1 Å². The number of likely N-dealkylation sites (tertiary alicyclic amines) is 2. The molecule has 0 spiro atoms. The number of nitrogens with zero attached hydrogens (tertiary/aromatic N) is 4. The largest absolute Gasteiger partial charge is 0.453 e. The Hall–Kier alpha value is -6.32. The number of alkyl carbamates (subject to hydrolysis) is 2. The summed E-state index contributed by atoms with van der Waals surface area (Å²) in [6.45, 7) is 8.40. The van der Waals surface area contributed by atoms with Gasteiger partial charge in [0, 0.05) is 45.8 Å². The number of rotatable bonds is 9. The number of methoxy groups -OCH3 is 2. The number of ether oxygens (including phenoxy) is 2. The van der Waals surface area contributed by atoms with Crippen molar-refractivity contribution in [3.63, 3.8) is 0 Å². The zero-order chi connectivity index (χ0) is 42.6. The van der Waals surface area contributed by atoms with Crippen molar-refractivity contribution in [2.24, 2.45) is 11.8 Å². The van der Waals surface area contributed by atoms with E-state index in [4.69, 9.17) is 19.4 Å². The average Bonchev–Trinajstić information content (AvgIpc) is 4.07. The Morgan fingerprint density at radius 1 is 0.633 bits per heavy atom. The molecule has 314 valence electrons. The molecule has 0 unspecified atom stereocenters. The van der Waals surface area contributed by atoms with E-state index in [1.165, 1.54) is 14.2 Å². The number of aromatic nitrogens is 4. The summed E-state index contributed by atoms with van der Waals surface area (Å²) in [6, 6.07) is 11.0. The van der Waals surface area contributed by atoms with Gasteiger partial charge in [0.2, 0.25) is 11.8 Å². The number of aromatic amines is 2. The maximum absolute atomic E-state index is 16.6. The smallest absolute Gasteiger partial charge is 0.407 e. The Kier molecular flexibility index (Phi) is 10.8. The van der Waals surface area contributed by atoms with E-state index in [0.29, 0.717) is 70.4 Å². The van der Waals surface area contributed by atoms with Crippen LogP contribution in [0.1, 0.15) is 77.1 Å². The summed E-state index contributed by atoms with van der Waals surface area (Å²) < 4.78 is 42.7. The first-order valence-corrected chi connectivity index (χ1v) is 20.3. The van der Waals surface area contributed by atoms with Crippen molar-refractivity contribution < 1.29 is 37.4 Å². The maximum Gasteiger partial charge on any atom is 0.407 e. The maximum atomic E-state index is 16.6. The molecule has 6 aromatic rings. The number of nitrogens with one attached hydrogen (secondary N) is 4. The van der Waals surface area contributed by atoms with Crippen LogP contribution >= 0.6 is 0 Å². The van der Waals surface area contributed by atoms with Crippen molar-refractivity contribution >= 4 is 67.6 Å². The van der Waals surface area contributed by atoms with Gasteiger partial charge in [-0.2, -0.15) is 0 Å². The van der Waals surface area contributed by atoms with E-state index in [9.17, 15) is 19.2 Å². The summed E-state index contributed by atoms with van der Waals surface area (Å²) in [4.78, 5) is 71.4. The van der Waals surface area contributed by atoms with Gasteiger partial charge in [-0.15, -0.1) is 0 Å². The number of carbonyl (C=O) groups excluding carboxylic acids is 4. The summed E-state index contributed by atoms with van der Waals surface area (Å²) in [5, 5.41) is 6.92. The van der Waals surface area contributed by atoms with E-state index in [0.717, 1.165) is 12.8 Å². The van der Waals surface area contributed by atoms with Gasteiger partial charge in [0.1, 0.15) is 35.4 Å². The lowest BCUT2D eigenvalue weighted by Gasteiger charge is -2.29. The lowest BCUT2D eigenvalue weighted by molar-refractivity contribution is -0.136. The van der Waals surface area contributed by atoms with Crippen LogP contribution in [-0.4, -0.2) is 93.1 Å². The second-order valence-corrected chi connectivity index (χ2v) is 16.3. The molecule has 8 rings (SSSR count). The molecular formula is C44H48F2N8O6. The number of halogens is 2. The highest BCUT2D eigenvalue weighted by Crippen LogP contribution is 2.40. The van der Waals surface area contributed by atoms with Gasteiger partial charge >= 0.3 is 12.2 Å². The average molecular weight is 823 g/mol. The third-order valence-electron chi connectivity index (χ3n) is 12.0. The fourth-order valence-electron chi connectivity index (χ4n) is 8.84. The lowest BCUT2D eigenvalue weighted by atomic mass is 9.96. The summed E-state index contributed by atoms with van der Waals surface area (Å²) in [5.41, 5.74) is 2.56. The monoisotopic (exact) mass is 822 g/mol. The number of imidazole rings is 2. The normalized spacial score (nSPS) is 18.0. The highest BCUT2D eigenvalue weighted by Gasteiger charge is 2.39. The van der Waals surface area contributed by atoms with Crippen molar-refractivity contribution in [1.29, 1.82) is 0 Å². The minimum atomic E-state index is -0.781. The minimum absolute atomic E-state index is 0.0885. The Bertz CT molecular complexity index is 2490. The number of fused-ring (bicyclic) bond motifs is 6. The van der Waals surface area contributed by atoms with E-state index in [1.807, 2.05) is 27.7 Å². The molecular weight excluding hydrogens is 775 g/mol. The van der Waals surface area contributed by atoms with Crippen LogP contribution in [-0.2, 0) is 19.1 Å². The van der Waals surface area contributed by atoms with Crippen molar-refractivity contribution in [1.82, 2.24) is 40.4 Å². The molecule has 4 amide bonds. The van der Waals surface area contributed by atoms with E-state index < -0.39 is 35.9 Å². The SMILES string of the molecule is COC(=O)N[C@H](C(=O)N1CCC[C@H]1c1nc2c(ccc3c(F)c(-c4ccc5c(ccc6[nH]c([C@@H]7CCCN7C(=O)[C@@H](NC(=O)OC)C(C)C)nc65)c4F)ccc32)[nH]1)C(C)C. The Morgan fingerprint density at radius 2 is 1.02 bits per heavy atom. The molecule has 2 saturated heterocycles. The number of carbonyl (C=O) groups is 4. The lowest BCUT2D eigenvalue weighted by Crippen LogP contribution is -2.51. The van der Waals surface area contributed by atoms with Crippen LogP contribution in [0.25, 0.3) is 54.7 Å². The van der Waals surface area contributed by atoms with E-state index in [2.05, 4.69) is 20.6 Å². The highest BCUT2D eigenvalue weighted by atomic mass is 19.1. The third-order valence-corrected chi connectivity index (χ3v) is 12.0. The van der Waals surface area contributed by atoms with Crippen LogP contribution in [0.3, 0.4) is 0 Å². The fraction of sp³-hybridized carbons (Fsp3) is 0.409. The molecule has 14 nitrogen and oxygen atoms in total. The molecule has 60 heavy (non-hydrogen) atoms. The molecule has 2 fully saturated rings. The summed E-state index contributed by atoms with van der Waals surface area (Å²) in [7, 11) is 2.50. The van der Waals surface area contributed by atoms with Crippen molar-refractivity contribution in [3.05, 3.63) is 71.8 Å². The number of hydrogen-bond donors (Lipinski definition) is 4. The van der Waals surface area contributed by atoms with Crippen LogP contribution < -0.4 is 10.6 Å². The molecule has 4 heterocycles. The predicted octanol–water partition coefficient (Wildman–Crippen LogP) is 7.78. The quantitative estimate of drug-likeness (QED) is 0.114. The van der Waals surface area contributed by atoms with Gasteiger partial charge in [-0.1, -0.05) is 52.0 Å². The van der Waals surface area contributed by atoms with Gasteiger partial charge in [-0.3, -0.25) is 9.59 Å². The van der Waals surface area contributed by atoms with E-state index in [1.54, 1.807) is 58.3 Å². The van der Waals surface area contributed by atoms with Gasteiger partial charge < -0.3 is 39.9 Å². The summed E-state index contributed by atoms with van der Waals surface area (Å²) in [5.74, 6) is -0.912.